The molecule has 4 heterocycles. The summed E-state index contributed by atoms with van der Waals surface area (Å²) in [6, 6.07) is 8.71. The quantitative estimate of drug-likeness (QED) is 0.302. The number of aromatic nitrogens is 5. The fourth-order valence-electron chi connectivity index (χ4n) is 3.98. The molecule has 1 aliphatic rings. The molecular weight excluding hydrogens is 503 g/mol. The van der Waals surface area contributed by atoms with Crippen LogP contribution < -0.4 is 15.1 Å². The van der Waals surface area contributed by atoms with Crippen LogP contribution in [0.25, 0.3) is 22.7 Å². The topological polar surface area (TPSA) is 172 Å². The summed E-state index contributed by atoms with van der Waals surface area (Å²) in [4.78, 5) is 38.7. The molecule has 1 amide bonds. The van der Waals surface area contributed by atoms with Crippen LogP contribution in [0.4, 0.5) is 5.69 Å². The molecule has 0 spiro atoms. The maximum absolute atomic E-state index is 13.0. The van der Waals surface area contributed by atoms with Crippen LogP contribution in [0.1, 0.15) is 36.4 Å². The van der Waals surface area contributed by atoms with E-state index >= 15 is 0 Å². The van der Waals surface area contributed by atoms with Gasteiger partial charge in [0.1, 0.15) is 18.2 Å². The summed E-state index contributed by atoms with van der Waals surface area (Å²) < 4.78 is 29.2. The van der Waals surface area contributed by atoms with Gasteiger partial charge in [-0.05, 0) is 44.0 Å². The molecule has 0 saturated heterocycles. The zero-order valence-electron chi connectivity index (χ0n) is 19.7. The number of nitrogens with one attached hydrogen (secondary N) is 1. The highest BCUT2D eigenvalue weighted by molar-refractivity contribution is 7.43. The van der Waals surface area contributed by atoms with Crippen molar-refractivity contribution < 1.29 is 32.8 Å². The molecule has 14 heteroatoms. The number of anilines is 1. The molecule has 1 fully saturated rings. The van der Waals surface area contributed by atoms with Gasteiger partial charge in [-0.3, -0.25) is 14.5 Å². The molecule has 1 saturated carbocycles. The Morgan fingerprint density at radius 2 is 2.08 bits per heavy atom. The number of rotatable bonds is 10. The Kier molecular flexibility index (Phi) is 7.04. The number of ether oxygens (including phenoxy) is 1. The number of hydrogen-bond acceptors (Lipinski definition) is 10. The van der Waals surface area contributed by atoms with E-state index in [1.54, 1.807) is 24.5 Å². The molecule has 4 aromatic rings. The Hall–Kier alpha value is -3.61. The standard InChI is InChI=1S/C23H25N6O7P/c1-2-34-17-9-16(10-17)29-13-19(22(27-29)18-5-3-4-8-24-18)26-23(30)21-7-6-20(36-21)15-11-25-28(12-15)14-35-37(31,32)33/h3-8,11-13,16-17H,2,9-10,14H2,1H3,(H,26,30)(H2,31,32,33)/p-2. The first-order valence-corrected chi connectivity index (χ1v) is 13.0. The largest absolute Gasteiger partial charge is 0.790 e. The maximum Gasteiger partial charge on any atom is 0.291 e. The first-order chi connectivity index (χ1) is 17.8. The number of carbonyl (C=O) groups is 1. The summed E-state index contributed by atoms with van der Waals surface area (Å²) >= 11 is 0. The molecule has 194 valence electrons. The number of phosphoric acid groups is 1. The van der Waals surface area contributed by atoms with Crippen LogP contribution in [0.3, 0.4) is 0 Å². The average molecular weight is 526 g/mol. The predicted molar refractivity (Wildman–Crippen MR) is 126 cm³/mol. The lowest BCUT2D eigenvalue weighted by Crippen LogP contribution is -2.33. The highest BCUT2D eigenvalue weighted by atomic mass is 31.2. The second kappa shape index (κ2) is 10.4. The van der Waals surface area contributed by atoms with Crippen molar-refractivity contribution in [3.8, 4) is 22.7 Å². The van der Waals surface area contributed by atoms with Crippen LogP contribution >= 0.6 is 7.82 Å². The van der Waals surface area contributed by atoms with Crippen LogP contribution in [-0.2, 0) is 20.6 Å². The van der Waals surface area contributed by atoms with Gasteiger partial charge in [-0.25, -0.2) is 4.68 Å². The van der Waals surface area contributed by atoms with Crippen molar-refractivity contribution in [2.75, 3.05) is 11.9 Å². The summed E-state index contributed by atoms with van der Waals surface area (Å²) in [5.41, 5.74) is 2.11. The lowest BCUT2D eigenvalue weighted by atomic mass is 9.89. The van der Waals surface area contributed by atoms with E-state index in [9.17, 15) is 19.1 Å². The average Bonchev–Trinajstić information content (AvgIpc) is 3.59. The molecule has 0 atom stereocenters. The number of hydrogen-bond donors (Lipinski definition) is 1. The number of amides is 1. The van der Waals surface area contributed by atoms with E-state index in [0.717, 1.165) is 17.5 Å². The number of furan rings is 1. The minimum Gasteiger partial charge on any atom is -0.790 e. The van der Waals surface area contributed by atoms with Gasteiger partial charge < -0.3 is 33.3 Å². The van der Waals surface area contributed by atoms with Gasteiger partial charge in [0, 0.05) is 25.2 Å². The monoisotopic (exact) mass is 526 g/mol. The zero-order chi connectivity index (χ0) is 26.0. The minimum absolute atomic E-state index is 0.0439. The van der Waals surface area contributed by atoms with Crippen molar-refractivity contribution in [3.63, 3.8) is 0 Å². The van der Waals surface area contributed by atoms with Crippen molar-refractivity contribution in [2.45, 2.75) is 38.6 Å². The Bertz CT molecular complexity index is 1420. The van der Waals surface area contributed by atoms with Gasteiger partial charge in [-0.15, -0.1) is 0 Å². The van der Waals surface area contributed by atoms with Crippen molar-refractivity contribution in [2.24, 2.45) is 0 Å². The van der Waals surface area contributed by atoms with Gasteiger partial charge in [0.25, 0.3) is 5.91 Å². The zero-order valence-corrected chi connectivity index (χ0v) is 20.6. The molecule has 4 aromatic heterocycles. The third kappa shape index (κ3) is 5.87. The molecule has 5 rings (SSSR count). The second-order valence-corrected chi connectivity index (χ2v) is 9.53. The van der Waals surface area contributed by atoms with Gasteiger partial charge in [0.15, 0.2) is 5.76 Å². The SMILES string of the molecule is CCOC1CC(n2cc(NC(=O)c3ccc(-c4cnn(COP(=O)([O-])[O-])c4)o3)c(-c3ccccn3)n2)C1. The Labute approximate surface area is 211 Å². The fourth-order valence-corrected chi connectivity index (χ4v) is 4.24. The Morgan fingerprint density at radius 1 is 1.24 bits per heavy atom. The number of nitrogens with zero attached hydrogens (tertiary/aromatic N) is 5. The molecular formula is C23H23N6O7P-2. The Morgan fingerprint density at radius 3 is 2.81 bits per heavy atom. The van der Waals surface area contributed by atoms with Crippen molar-refractivity contribution >= 4 is 19.4 Å². The third-order valence-electron chi connectivity index (χ3n) is 5.83. The van der Waals surface area contributed by atoms with E-state index < -0.39 is 20.5 Å². The molecule has 0 unspecified atom stereocenters. The second-order valence-electron chi connectivity index (χ2n) is 8.38. The smallest absolute Gasteiger partial charge is 0.291 e. The predicted octanol–water partition coefficient (Wildman–Crippen LogP) is 2.20. The van der Waals surface area contributed by atoms with E-state index in [4.69, 9.17) is 14.3 Å². The first-order valence-electron chi connectivity index (χ1n) is 11.5. The van der Waals surface area contributed by atoms with Crippen molar-refractivity contribution in [3.05, 3.63) is 60.9 Å². The molecule has 37 heavy (non-hydrogen) atoms. The van der Waals surface area contributed by atoms with Crippen LogP contribution in [0, 0.1) is 0 Å². The van der Waals surface area contributed by atoms with Crippen LogP contribution in [0.15, 0.2) is 59.5 Å². The highest BCUT2D eigenvalue weighted by Crippen LogP contribution is 2.37. The van der Waals surface area contributed by atoms with Crippen LogP contribution in [0.2, 0.25) is 0 Å². The fraction of sp³-hybridized carbons (Fsp3) is 0.304. The lowest BCUT2D eigenvalue weighted by Gasteiger charge is -2.34. The van der Waals surface area contributed by atoms with Gasteiger partial charge in [-0.2, -0.15) is 10.2 Å². The summed E-state index contributed by atoms with van der Waals surface area (Å²) in [7, 11) is -5.13. The highest BCUT2D eigenvalue weighted by Gasteiger charge is 2.32. The first kappa shape index (κ1) is 25.1. The van der Waals surface area contributed by atoms with Crippen molar-refractivity contribution in [1.29, 1.82) is 0 Å². The van der Waals surface area contributed by atoms with E-state index in [0.29, 0.717) is 35.0 Å². The molecule has 0 aliphatic heterocycles. The van der Waals surface area contributed by atoms with Gasteiger partial charge in [0.2, 0.25) is 0 Å². The summed E-state index contributed by atoms with van der Waals surface area (Å²) in [6.07, 6.45) is 8.14. The number of pyridine rings is 1. The number of carbonyl (C=O) groups excluding carboxylic acids is 1. The van der Waals surface area contributed by atoms with Crippen molar-refractivity contribution in [1.82, 2.24) is 24.5 Å². The minimum atomic E-state index is -5.13. The normalized spacial score (nSPS) is 17.5. The van der Waals surface area contributed by atoms with Crippen LogP contribution in [0.5, 0.6) is 0 Å². The summed E-state index contributed by atoms with van der Waals surface area (Å²) in [6.45, 7) is 2.07. The van der Waals surface area contributed by atoms with E-state index in [-0.39, 0.29) is 17.9 Å². The molecule has 0 radical (unpaired) electrons. The van der Waals surface area contributed by atoms with Crippen LogP contribution in [-0.4, -0.2) is 43.2 Å². The molecule has 0 bridgehead atoms. The third-order valence-corrected chi connectivity index (χ3v) is 6.26. The van der Waals surface area contributed by atoms with Gasteiger partial charge in [0.05, 0.1) is 43.1 Å². The molecule has 1 aliphatic carbocycles. The maximum atomic E-state index is 13.0. The van der Waals surface area contributed by atoms with Gasteiger partial charge in [-0.1, -0.05) is 6.07 Å². The molecule has 13 nitrogen and oxygen atoms in total. The van der Waals surface area contributed by atoms with E-state index in [1.807, 2.05) is 23.7 Å². The molecule has 0 aromatic carbocycles. The Balaban J connectivity index is 1.32. The van der Waals surface area contributed by atoms with E-state index in [2.05, 4.69) is 19.9 Å². The summed E-state index contributed by atoms with van der Waals surface area (Å²) in [5, 5.41) is 11.5. The summed E-state index contributed by atoms with van der Waals surface area (Å²) in [5.74, 6) is -0.124. The molecule has 1 N–H and O–H groups in total. The van der Waals surface area contributed by atoms with E-state index in [1.165, 1.54) is 18.5 Å². The number of phosphoric ester groups is 1. The lowest BCUT2D eigenvalue weighted by molar-refractivity contribution is -0.344. The van der Waals surface area contributed by atoms with Gasteiger partial charge >= 0.3 is 0 Å².